The summed E-state index contributed by atoms with van der Waals surface area (Å²) >= 11 is 0. The fraction of sp³-hybridized carbons (Fsp3) is 0.0833. The summed E-state index contributed by atoms with van der Waals surface area (Å²) in [6, 6.07) is 10.7. The molecule has 1 aromatic carbocycles. The molecule has 1 N–H and O–H groups in total. The molecule has 4 nitrogen and oxygen atoms in total. The van der Waals surface area contributed by atoms with E-state index in [1.54, 1.807) is 42.9 Å². The SMILES string of the molecule is O=C(NCc1ccoc1)Oc1ccccc1. The number of hydrogen-bond donors (Lipinski definition) is 1. The molecule has 2 aromatic rings. The van der Waals surface area contributed by atoms with Gasteiger partial charge in [0.1, 0.15) is 5.75 Å². The minimum atomic E-state index is -0.479. The molecule has 82 valence electrons. The fourth-order valence-electron chi connectivity index (χ4n) is 1.20. The maximum atomic E-state index is 11.3. The summed E-state index contributed by atoms with van der Waals surface area (Å²) in [5.74, 6) is 0.521. The lowest BCUT2D eigenvalue weighted by molar-refractivity contribution is 0.200. The van der Waals surface area contributed by atoms with Crippen LogP contribution in [-0.2, 0) is 6.54 Å². The third kappa shape index (κ3) is 2.88. The molecular weight excluding hydrogens is 206 g/mol. The van der Waals surface area contributed by atoms with Gasteiger partial charge in [-0.1, -0.05) is 18.2 Å². The van der Waals surface area contributed by atoms with Crippen LogP contribution in [0.1, 0.15) is 5.56 Å². The smallest absolute Gasteiger partial charge is 0.412 e. The highest BCUT2D eigenvalue weighted by Gasteiger charge is 2.03. The third-order valence-corrected chi connectivity index (χ3v) is 1.97. The van der Waals surface area contributed by atoms with Crippen LogP contribution in [0, 0.1) is 0 Å². The van der Waals surface area contributed by atoms with Gasteiger partial charge >= 0.3 is 6.09 Å². The van der Waals surface area contributed by atoms with Crippen LogP contribution in [-0.4, -0.2) is 6.09 Å². The van der Waals surface area contributed by atoms with Gasteiger partial charge in [0.05, 0.1) is 12.5 Å². The second-order valence-electron chi connectivity index (χ2n) is 3.19. The first-order valence-electron chi connectivity index (χ1n) is 4.86. The fourth-order valence-corrected chi connectivity index (χ4v) is 1.20. The van der Waals surface area contributed by atoms with Crippen LogP contribution in [0.15, 0.2) is 53.3 Å². The van der Waals surface area contributed by atoms with Gasteiger partial charge in [-0.2, -0.15) is 0 Å². The zero-order chi connectivity index (χ0) is 11.2. The highest BCUT2D eigenvalue weighted by molar-refractivity contribution is 5.70. The first kappa shape index (κ1) is 10.3. The van der Waals surface area contributed by atoms with Crippen LogP contribution >= 0.6 is 0 Å². The van der Waals surface area contributed by atoms with Crippen molar-refractivity contribution in [1.82, 2.24) is 5.32 Å². The van der Waals surface area contributed by atoms with Crippen LogP contribution in [0.25, 0.3) is 0 Å². The lowest BCUT2D eigenvalue weighted by Crippen LogP contribution is -2.25. The number of para-hydroxylation sites is 1. The van der Waals surface area contributed by atoms with Gasteiger partial charge in [0, 0.05) is 12.1 Å². The molecule has 0 unspecified atom stereocenters. The minimum Gasteiger partial charge on any atom is -0.472 e. The van der Waals surface area contributed by atoms with Gasteiger partial charge in [-0.25, -0.2) is 4.79 Å². The normalized spacial score (nSPS) is 9.75. The Hall–Kier alpha value is -2.23. The van der Waals surface area contributed by atoms with Crippen LogP contribution in [0.5, 0.6) is 5.75 Å². The van der Waals surface area contributed by atoms with Crippen molar-refractivity contribution in [3.05, 3.63) is 54.5 Å². The second-order valence-corrected chi connectivity index (χ2v) is 3.19. The molecule has 1 amide bonds. The Morgan fingerprint density at radius 2 is 2.06 bits per heavy atom. The van der Waals surface area contributed by atoms with E-state index in [0.717, 1.165) is 5.56 Å². The van der Waals surface area contributed by atoms with Crippen molar-refractivity contribution >= 4 is 6.09 Å². The molecule has 1 heterocycles. The number of rotatable bonds is 3. The summed E-state index contributed by atoms with van der Waals surface area (Å²) in [7, 11) is 0. The Morgan fingerprint density at radius 3 is 2.75 bits per heavy atom. The summed E-state index contributed by atoms with van der Waals surface area (Å²) in [6.07, 6.45) is 2.65. The Labute approximate surface area is 92.8 Å². The van der Waals surface area contributed by atoms with Crippen molar-refractivity contribution in [2.75, 3.05) is 0 Å². The molecule has 0 atom stereocenters. The van der Waals surface area contributed by atoms with E-state index in [0.29, 0.717) is 12.3 Å². The molecule has 16 heavy (non-hydrogen) atoms. The predicted molar refractivity (Wildman–Crippen MR) is 58.0 cm³/mol. The van der Waals surface area contributed by atoms with Crippen molar-refractivity contribution in [2.24, 2.45) is 0 Å². The summed E-state index contributed by atoms with van der Waals surface area (Å²) in [4.78, 5) is 11.3. The minimum absolute atomic E-state index is 0.391. The van der Waals surface area contributed by atoms with E-state index >= 15 is 0 Å². The maximum absolute atomic E-state index is 11.3. The average molecular weight is 217 g/mol. The van der Waals surface area contributed by atoms with E-state index in [-0.39, 0.29) is 0 Å². The molecule has 4 heteroatoms. The molecular formula is C12H11NO3. The van der Waals surface area contributed by atoms with Gasteiger partial charge in [-0.3, -0.25) is 0 Å². The quantitative estimate of drug-likeness (QED) is 0.859. The lowest BCUT2D eigenvalue weighted by atomic mass is 10.3. The van der Waals surface area contributed by atoms with Crippen molar-refractivity contribution in [3.63, 3.8) is 0 Å². The monoisotopic (exact) mass is 217 g/mol. The van der Waals surface area contributed by atoms with Crippen molar-refractivity contribution < 1.29 is 13.9 Å². The van der Waals surface area contributed by atoms with E-state index in [9.17, 15) is 4.79 Å². The number of ether oxygens (including phenoxy) is 1. The standard InChI is InChI=1S/C12H11NO3/c14-12(13-8-10-6-7-15-9-10)16-11-4-2-1-3-5-11/h1-7,9H,8H2,(H,13,14). The summed E-state index contributed by atoms with van der Waals surface area (Å²) < 4.78 is 9.90. The van der Waals surface area contributed by atoms with Crippen LogP contribution in [0.3, 0.4) is 0 Å². The molecule has 0 aliphatic rings. The third-order valence-electron chi connectivity index (χ3n) is 1.97. The van der Waals surface area contributed by atoms with Gasteiger partial charge in [-0.15, -0.1) is 0 Å². The Bertz CT molecular complexity index is 437. The topological polar surface area (TPSA) is 51.5 Å². The van der Waals surface area contributed by atoms with Gasteiger partial charge < -0.3 is 14.5 Å². The molecule has 0 bridgehead atoms. The molecule has 0 aliphatic carbocycles. The highest BCUT2D eigenvalue weighted by atomic mass is 16.6. The maximum Gasteiger partial charge on any atom is 0.412 e. The largest absolute Gasteiger partial charge is 0.472 e. The van der Waals surface area contributed by atoms with Crippen molar-refractivity contribution in [2.45, 2.75) is 6.54 Å². The number of carbonyl (C=O) groups excluding carboxylic acids is 1. The second kappa shape index (κ2) is 5.02. The molecule has 0 saturated heterocycles. The Morgan fingerprint density at radius 1 is 1.25 bits per heavy atom. The highest BCUT2D eigenvalue weighted by Crippen LogP contribution is 2.08. The van der Waals surface area contributed by atoms with E-state index in [1.165, 1.54) is 0 Å². The zero-order valence-electron chi connectivity index (χ0n) is 8.55. The lowest BCUT2D eigenvalue weighted by Gasteiger charge is -2.04. The van der Waals surface area contributed by atoms with Crippen LogP contribution in [0.4, 0.5) is 4.79 Å². The summed E-state index contributed by atoms with van der Waals surface area (Å²) in [6.45, 7) is 0.391. The van der Waals surface area contributed by atoms with E-state index in [1.807, 2.05) is 6.07 Å². The number of hydrogen-bond acceptors (Lipinski definition) is 3. The van der Waals surface area contributed by atoms with E-state index in [2.05, 4.69) is 5.32 Å². The summed E-state index contributed by atoms with van der Waals surface area (Å²) in [5, 5.41) is 2.61. The zero-order valence-corrected chi connectivity index (χ0v) is 8.55. The van der Waals surface area contributed by atoms with Gasteiger partial charge in [0.2, 0.25) is 0 Å². The van der Waals surface area contributed by atoms with Gasteiger partial charge in [0.15, 0.2) is 0 Å². The van der Waals surface area contributed by atoms with Crippen molar-refractivity contribution in [1.29, 1.82) is 0 Å². The number of amides is 1. The number of nitrogens with one attached hydrogen (secondary N) is 1. The first-order valence-corrected chi connectivity index (χ1v) is 4.86. The number of carbonyl (C=O) groups is 1. The van der Waals surface area contributed by atoms with E-state index < -0.39 is 6.09 Å². The molecule has 0 fully saturated rings. The molecule has 2 rings (SSSR count). The average Bonchev–Trinajstić information content (AvgIpc) is 2.81. The molecule has 1 aromatic heterocycles. The number of furan rings is 1. The molecule has 0 radical (unpaired) electrons. The molecule has 0 aliphatic heterocycles. The first-order chi connectivity index (χ1) is 7.84. The summed E-state index contributed by atoms with van der Waals surface area (Å²) in [5.41, 5.74) is 0.894. The Balaban J connectivity index is 1.81. The van der Waals surface area contributed by atoms with Gasteiger partial charge in [-0.05, 0) is 18.2 Å². The molecule has 0 spiro atoms. The van der Waals surface area contributed by atoms with Crippen LogP contribution < -0.4 is 10.1 Å². The number of benzene rings is 1. The van der Waals surface area contributed by atoms with E-state index in [4.69, 9.17) is 9.15 Å². The molecule has 0 saturated carbocycles. The Kier molecular flexibility index (Phi) is 3.23. The predicted octanol–water partition coefficient (Wildman–Crippen LogP) is 2.57. The van der Waals surface area contributed by atoms with Crippen LogP contribution in [0.2, 0.25) is 0 Å². The van der Waals surface area contributed by atoms with Crippen molar-refractivity contribution in [3.8, 4) is 5.75 Å². The van der Waals surface area contributed by atoms with Gasteiger partial charge in [0.25, 0.3) is 0 Å².